The Kier molecular flexibility index (Phi) is 6.01. The molecule has 4 rings (SSSR count). The number of anilines is 1. The Bertz CT molecular complexity index is 1600. The molecule has 0 aliphatic heterocycles. The maximum atomic E-state index is 13.5. The zero-order valence-electron chi connectivity index (χ0n) is 18.2. The van der Waals surface area contributed by atoms with Crippen LogP contribution in [-0.2, 0) is 21.2 Å². The molecule has 0 spiro atoms. The van der Waals surface area contributed by atoms with Crippen molar-refractivity contribution in [2.45, 2.75) is 30.2 Å². The quantitative estimate of drug-likeness (QED) is 0.466. The summed E-state index contributed by atoms with van der Waals surface area (Å²) in [6, 6.07) is 12.0. The van der Waals surface area contributed by atoms with E-state index >= 15 is 0 Å². The van der Waals surface area contributed by atoms with Gasteiger partial charge in [0.15, 0.2) is 11.6 Å². The van der Waals surface area contributed by atoms with E-state index < -0.39 is 44.2 Å². The number of hydrogen-bond donors (Lipinski definition) is 1. The van der Waals surface area contributed by atoms with Crippen LogP contribution in [0.3, 0.4) is 0 Å². The van der Waals surface area contributed by atoms with Crippen LogP contribution in [0.1, 0.15) is 11.3 Å². The number of nitrogens with zero attached hydrogens (tertiary/aromatic N) is 2. The van der Waals surface area contributed by atoms with E-state index in [9.17, 15) is 26.8 Å². The molecule has 0 saturated carbocycles. The molecule has 7 nitrogen and oxygen atoms in total. The predicted molar refractivity (Wildman–Crippen MR) is 122 cm³/mol. The van der Waals surface area contributed by atoms with E-state index in [-0.39, 0.29) is 21.6 Å². The van der Waals surface area contributed by atoms with E-state index in [1.54, 1.807) is 32.0 Å². The highest BCUT2D eigenvalue weighted by Crippen LogP contribution is 2.22. The lowest BCUT2D eigenvalue weighted by Gasteiger charge is -2.14. The van der Waals surface area contributed by atoms with Crippen molar-refractivity contribution >= 4 is 32.5 Å². The third-order valence-electron chi connectivity index (χ3n) is 5.17. The minimum absolute atomic E-state index is 0.0193. The molecule has 0 aliphatic rings. The summed E-state index contributed by atoms with van der Waals surface area (Å²) in [6.07, 6.45) is 1.08. The molecule has 0 bridgehead atoms. The molecule has 2 aromatic heterocycles. The fraction of sp³-hybridized carbons (Fsp3) is 0.125. The Balaban J connectivity index is 1.81. The lowest BCUT2D eigenvalue weighted by atomic mass is 10.2. The van der Waals surface area contributed by atoms with Crippen LogP contribution < -0.4 is 10.7 Å². The maximum Gasteiger partial charge on any atom is 0.244 e. The molecule has 34 heavy (non-hydrogen) atoms. The number of aromatic nitrogens is 2. The summed E-state index contributed by atoms with van der Waals surface area (Å²) in [5.74, 6) is -2.84. The van der Waals surface area contributed by atoms with Gasteiger partial charge in [-0.1, -0.05) is 17.7 Å². The third kappa shape index (κ3) is 4.44. The highest BCUT2D eigenvalue weighted by molar-refractivity contribution is 7.91. The van der Waals surface area contributed by atoms with Gasteiger partial charge < -0.3 is 9.88 Å². The summed E-state index contributed by atoms with van der Waals surface area (Å²) in [5, 5.41) is 2.45. The number of sulfone groups is 1. The first-order valence-electron chi connectivity index (χ1n) is 10.1. The molecule has 0 unspecified atom stereocenters. The zero-order chi connectivity index (χ0) is 24.6. The molecule has 0 atom stereocenters. The SMILES string of the molecule is Cc1ccc(S(=O)(=O)c2cn(CC(=O)Nc3ccc(F)c(F)c3)c3nc(C)ccc3c2=O)cc1. The van der Waals surface area contributed by atoms with Gasteiger partial charge in [-0.2, -0.15) is 0 Å². The summed E-state index contributed by atoms with van der Waals surface area (Å²) in [7, 11) is -4.20. The van der Waals surface area contributed by atoms with Gasteiger partial charge in [0.1, 0.15) is 17.1 Å². The smallest absolute Gasteiger partial charge is 0.244 e. The lowest BCUT2D eigenvalue weighted by Crippen LogP contribution is -2.24. The number of pyridine rings is 2. The number of amides is 1. The number of aryl methyl sites for hydroxylation is 2. The van der Waals surface area contributed by atoms with E-state index in [0.29, 0.717) is 5.69 Å². The van der Waals surface area contributed by atoms with Gasteiger partial charge in [0.25, 0.3) is 0 Å². The summed E-state index contributed by atoms with van der Waals surface area (Å²) in [4.78, 5) is 29.5. The summed E-state index contributed by atoms with van der Waals surface area (Å²) in [6.45, 7) is 3.06. The highest BCUT2D eigenvalue weighted by atomic mass is 32.2. The van der Waals surface area contributed by atoms with Crippen molar-refractivity contribution in [2.75, 3.05) is 5.32 Å². The second-order valence-corrected chi connectivity index (χ2v) is 9.69. The molecule has 0 fully saturated rings. The van der Waals surface area contributed by atoms with Crippen molar-refractivity contribution in [1.29, 1.82) is 0 Å². The second kappa shape index (κ2) is 8.79. The Morgan fingerprint density at radius 3 is 2.38 bits per heavy atom. The van der Waals surface area contributed by atoms with Crippen molar-refractivity contribution in [3.63, 3.8) is 0 Å². The average Bonchev–Trinajstić information content (AvgIpc) is 2.78. The monoisotopic (exact) mass is 483 g/mol. The fourth-order valence-corrected chi connectivity index (χ4v) is 4.79. The number of carbonyl (C=O) groups excluding carboxylic acids is 1. The van der Waals surface area contributed by atoms with Crippen LogP contribution in [-0.4, -0.2) is 23.9 Å². The molecule has 10 heteroatoms. The van der Waals surface area contributed by atoms with Gasteiger partial charge in [-0.25, -0.2) is 22.2 Å². The molecule has 0 aliphatic carbocycles. The standard InChI is InChI=1S/C24H19F2N3O4S/c1-14-3-7-17(8-4-14)34(32,33)21-12-29(24-18(23(21)31)9-5-15(2)27-24)13-22(30)28-16-6-10-19(25)20(26)11-16/h3-12H,13H2,1-2H3,(H,28,30). The molecule has 0 radical (unpaired) electrons. The van der Waals surface area contributed by atoms with Crippen LogP contribution >= 0.6 is 0 Å². The van der Waals surface area contributed by atoms with Crippen LogP contribution in [0, 0.1) is 25.5 Å². The largest absolute Gasteiger partial charge is 0.324 e. The highest BCUT2D eigenvalue weighted by Gasteiger charge is 2.25. The summed E-state index contributed by atoms with van der Waals surface area (Å²) >= 11 is 0. The minimum Gasteiger partial charge on any atom is -0.324 e. The molecule has 0 saturated heterocycles. The van der Waals surface area contributed by atoms with Crippen LogP contribution in [0.5, 0.6) is 0 Å². The Morgan fingerprint density at radius 1 is 1.00 bits per heavy atom. The van der Waals surface area contributed by atoms with Crippen molar-refractivity contribution in [1.82, 2.24) is 9.55 Å². The molecule has 174 valence electrons. The van der Waals surface area contributed by atoms with Crippen molar-refractivity contribution in [3.05, 3.63) is 93.9 Å². The van der Waals surface area contributed by atoms with Gasteiger partial charge in [0, 0.05) is 23.6 Å². The first kappa shape index (κ1) is 23.2. The average molecular weight is 483 g/mol. The van der Waals surface area contributed by atoms with Crippen LogP contribution in [0.2, 0.25) is 0 Å². The van der Waals surface area contributed by atoms with Gasteiger partial charge in [-0.3, -0.25) is 9.59 Å². The van der Waals surface area contributed by atoms with Crippen LogP contribution in [0.25, 0.3) is 11.0 Å². The van der Waals surface area contributed by atoms with Gasteiger partial charge in [-0.15, -0.1) is 0 Å². The molecule has 2 heterocycles. The minimum atomic E-state index is -4.20. The fourth-order valence-electron chi connectivity index (χ4n) is 3.42. The van der Waals surface area contributed by atoms with E-state index in [1.807, 2.05) is 0 Å². The van der Waals surface area contributed by atoms with Gasteiger partial charge in [0.2, 0.25) is 21.2 Å². The first-order chi connectivity index (χ1) is 16.1. The van der Waals surface area contributed by atoms with E-state index in [2.05, 4.69) is 10.3 Å². The van der Waals surface area contributed by atoms with Crippen molar-refractivity contribution in [2.24, 2.45) is 0 Å². The third-order valence-corrected chi connectivity index (χ3v) is 6.93. The topological polar surface area (TPSA) is 98.1 Å². The molecular formula is C24H19F2N3O4S. The number of fused-ring (bicyclic) bond motifs is 1. The molecule has 1 amide bonds. The number of rotatable bonds is 5. The number of benzene rings is 2. The Morgan fingerprint density at radius 2 is 1.71 bits per heavy atom. The van der Waals surface area contributed by atoms with Gasteiger partial charge in [-0.05, 0) is 50.2 Å². The predicted octanol–water partition coefficient (Wildman–Crippen LogP) is 3.76. The van der Waals surface area contributed by atoms with Crippen LogP contribution in [0.15, 0.2) is 75.4 Å². The zero-order valence-corrected chi connectivity index (χ0v) is 19.0. The summed E-state index contributed by atoms with van der Waals surface area (Å²) < 4.78 is 54.4. The van der Waals surface area contributed by atoms with E-state index in [1.165, 1.54) is 28.8 Å². The lowest BCUT2D eigenvalue weighted by molar-refractivity contribution is -0.116. The molecule has 4 aromatic rings. The first-order valence-corrected chi connectivity index (χ1v) is 11.6. The van der Waals surface area contributed by atoms with E-state index in [4.69, 9.17) is 0 Å². The number of halogens is 2. The van der Waals surface area contributed by atoms with Crippen molar-refractivity contribution < 1.29 is 22.0 Å². The Hall–Kier alpha value is -3.92. The molecule has 1 N–H and O–H groups in total. The molecular weight excluding hydrogens is 464 g/mol. The molecule has 2 aromatic carbocycles. The normalized spacial score (nSPS) is 11.5. The van der Waals surface area contributed by atoms with E-state index in [0.717, 1.165) is 23.9 Å². The van der Waals surface area contributed by atoms with Crippen LogP contribution in [0.4, 0.5) is 14.5 Å². The van der Waals surface area contributed by atoms with Gasteiger partial charge >= 0.3 is 0 Å². The number of carbonyl (C=O) groups is 1. The second-order valence-electron chi connectivity index (χ2n) is 7.77. The maximum absolute atomic E-state index is 13.5. The van der Waals surface area contributed by atoms with Crippen molar-refractivity contribution in [3.8, 4) is 0 Å². The number of nitrogens with one attached hydrogen (secondary N) is 1. The Labute approximate surface area is 193 Å². The number of hydrogen-bond acceptors (Lipinski definition) is 5. The summed E-state index contributed by atoms with van der Waals surface area (Å²) in [5.41, 5.74) is 0.804. The van der Waals surface area contributed by atoms with Gasteiger partial charge in [0.05, 0.1) is 10.3 Å².